The highest BCUT2D eigenvalue weighted by Gasteiger charge is 2.05. The summed E-state index contributed by atoms with van der Waals surface area (Å²) in [6, 6.07) is 0. The van der Waals surface area contributed by atoms with Gasteiger partial charge in [0.25, 0.3) is 0 Å². The Labute approximate surface area is 147 Å². The average molecular weight is 324 g/mol. The molecule has 0 spiro atoms. The van der Waals surface area contributed by atoms with Crippen molar-refractivity contribution >= 4 is 0 Å². The third kappa shape index (κ3) is 17.9. The molecule has 0 rings (SSSR count). The molecule has 0 aliphatic carbocycles. The molecule has 0 amide bonds. The Morgan fingerprint density at radius 2 is 1.26 bits per heavy atom. The molecule has 0 saturated carbocycles. The molecule has 1 N–H and O–H groups in total. The summed E-state index contributed by atoms with van der Waals surface area (Å²) in [5.74, 6) is 0.998. The van der Waals surface area contributed by atoms with Gasteiger partial charge in [-0.3, -0.25) is 0 Å². The van der Waals surface area contributed by atoms with Gasteiger partial charge in [-0.2, -0.15) is 0 Å². The van der Waals surface area contributed by atoms with Crippen LogP contribution in [0.5, 0.6) is 0 Å². The van der Waals surface area contributed by atoms with Gasteiger partial charge in [0.2, 0.25) is 0 Å². The van der Waals surface area contributed by atoms with Crippen LogP contribution in [0.25, 0.3) is 0 Å². The van der Waals surface area contributed by atoms with Crippen LogP contribution in [0.4, 0.5) is 0 Å². The van der Waals surface area contributed by atoms with Crippen molar-refractivity contribution in [1.29, 1.82) is 0 Å². The summed E-state index contributed by atoms with van der Waals surface area (Å²) in [5.41, 5.74) is 0. The Kier molecular flexibility index (Phi) is 19.5. The molecule has 0 aliphatic heterocycles. The third-order valence-electron chi connectivity index (χ3n) is 5.06. The summed E-state index contributed by atoms with van der Waals surface area (Å²) in [7, 11) is 0. The molecular formula is C22H45N. The summed E-state index contributed by atoms with van der Waals surface area (Å²) < 4.78 is 0. The van der Waals surface area contributed by atoms with E-state index in [1.165, 1.54) is 103 Å². The van der Waals surface area contributed by atoms with Crippen molar-refractivity contribution < 1.29 is 0 Å². The second-order valence-corrected chi connectivity index (χ2v) is 7.17. The Balaban J connectivity index is 3.30. The lowest BCUT2D eigenvalue weighted by Crippen LogP contribution is -2.13. The fourth-order valence-corrected chi connectivity index (χ4v) is 3.37. The third-order valence-corrected chi connectivity index (χ3v) is 5.06. The molecule has 138 valence electrons. The SMILES string of the molecule is C=CCCCCCCCCC(CC)CCCCCCCNCC. The van der Waals surface area contributed by atoms with E-state index in [-0.39, 0.29) is 0 Å². The monoisotopic (exact) mass is 323 g/mol. The first-order valence-corrected chi connectivity index (χ1v) is 10.7. The standard InChI is InChI=1S/C22H45N/c1-4-7-8-9-10-11-13-16-19-22(5-2)20-17-14-12-15-18-21-23-6-3/h4,22-23H,1,5-21H2,2-3H3. The van der Waals surface area contributed by atoms with Crippen molar-refractivity contribution in [2.45, 2.75) is 110 Å². The summed E-state index contributed by atoms with van der Waals surface area (Å²) >= 11 is 0. The molecule has 0 bridgehead atoms. The van der Waals surface area contributed by atoms with Gasteiger partial charge < -0.3 is 5.32 Å². The zero-order chi connectivity index (χ0) is 17.0. The molecule has 0 aromatic heterocycles. The molecule has 1 atom stereocenters. The lowest BCUT2D eigenvalue weighted by Gasteiger charge is -2.14. The molecule has 0 aromatic rings. The smallest absolute Gasteiger partial charge is 0.00490 e. The van der Waals surface area contributed by atoms with Crippen molar-refractivity contribution in [2.75, 3.05) is 13.1 Å². The predicted molar refractivity (Wildman–Crippen MR) is 107 cm³/mol. The minimum Gasteiger partial charge on any atom is -0.317 e. The molecule has 1 nitrogen and oxygen atoms in total. The van der Waals surface area contributed by atoms with E-state index < -0.39 is 0 Å². The Hall–Kier alpha value is -0.300. The van der Waals surface area contributed by atoms with Gasteiger partial charge in [0.15, 0.2) is 0 Å². The fraction of sp³-hybridized carbons (Fsp3) is 0.909. The van der Waals surface area contributed by atoms with Crippen molar-refractivity contribution in [3.8, 4) is 0 Å². The summed E-state index contributed by atoms with van der Waals surface area (Å²) in [4.78, 5) is 0. The van der Waals surface area contributed by atoms with Crippen LogP contribution in [-0.2, 0) is 0 Å². The molecule has 1 unspecified atom stereocenters. The Bertz CT molecular complexity index is 224. The van der Waals surface area contributed by atoms with Crippen LogP contribution in [-0.4, -0.2) is 13.1 Å². The van der Waals surface area contributed by atoms with E-state index in [9.17, 15) is 0 Å². The van der Waals surface area contributed by atoms with Gasteiger partial charge in [0.1, 0.15) is 0 Å². The zero-order valence-corrected chi connectivity index (χ0v) is 16.4. The maximum atomic E-state index is 3.79. The van der Waals surface area contributed by atoms with Crippen molar-refractivity contribution in [3.05, 3.63) is 12.7 Å². The maximum Gasteiger partial charge on any atom is -0.00490 e. The largest absolute Gasteiger partial charge is 0.317 e. The number of allylic oxidation sites excluding steroid dienone is 1. The fourth-order valence-electron chi connectivity index (χ4n) is 3.37. The van der Waals surface area contributed by atoms with Gasteiger partial charge in [0, 0.05) is 0 Å². The Morgan fingerprint density at radius 1 is 0.739 bits per heavy atom. The minimum absolute atomic E-state index is 0.998. The van der Waals surface area contributed by atoms with E-state index >= 15 is 0 Å². The first-order chi connectivity index (χ1) is 11.3. The van der Waals surface area contributed by atoms with Crippen LogP contribution < -0.4 is 5.32 Å². The summed E-state index contributed by atoms with van der Waals surface area (Å²) in [6.45, 7) is 10.7. The molecule has 0 fully saturated rings. The van der Waals surface area contributed by atoms with Crippen LogP contribution >= 0.6 is 0 Å². The van der Waals surface area contributed by atoms with Gasteiger partial charge in [-0.05, 0) is 38.3 Å². The van der Waals surface area contributed by atoms with Crippen LogP contribution in [0.1, 0.15) is 110 Å². The number of nitrogens with one attached hydrogen (secondary N) is 1. The second kappa shape index (κ2) is 19.7. The van der Waals surface area contributed by atoms with E-state index in [1.54, 1.807) is 0 Å². The topological polar surface area (TPSA) is 12.0 Å². The van der Waals surface area contributed by atoms with E-state index in [2.05, 4.69) is 25.7 Å². The van der Waals surface area contributed by atoms with Gasteiger partial charge >= 0.3 is 0 Å². The van der Waals surface area contributed by atoms with Crippen LogP contribution in [0.2, 0.25) is 0 Å². The lowest BCUT2D eigenvalue weighted by atomic mass is 9.92. The highest BCUT2D eigenvalue weighted by atomic mass is 14.8. The average Bonchev–Trinajstić information content (AvgIpc) is 2.57. The first-order valence-electron chi connectivity index (χ1n) is 10.7. The number of hydrogen-bond acceptors (Lipinski definition) is 1. The van der Waals surface area contributed by atoms with Gasteiger partial charge in [-0.15, -0.1) is 6.58 Å². The minimum atomic E-state index is 0.998. The second-order valence-electron chi connectivity index (χ2n) is 7.17. The normalized spacial score (nSPS) is 12.4. The lowest BCUT2D eigenvalue weighted by molar-refractivity contribution is 0.392. The molecule has 0 aromatic carbocycles. The quantitative estimate of drug-likeness (QED) is 0.195. The molecule has 23 heavy (non-hydrogen) atoms. The molecule has 0 radical (unpaired) electrons. The first kappa shape index (κ1) is 22.7. The van der Waals surface area contributed by atoms with E-state index in [0.29, 0.717) is 0 Å². The number of unbranched alkanes of at least 4 members (excludes halogenated alkanes) is 10. The molecule has 0 aliphatic rings. The Morgan fingerprint density at radius 3 is 1.78 bits per heavy atom. The van der Waals surface area contributed by atoms with Crippen LogP contribution in [0, 0.1) is 5.92 Å². The maximum absolute atomic E-state index is 3.79. The van der Waals surface area contributed by atoms with E-state index in [4.69, 9.17) is 0 Å². The van der Waals surface area contributed by atoms with Crippen molar-refractivity contribution in [1.82, 2.24) is 5.32 Å². The van der Waals surface area contributed by atoms with Gasteiger partial charge in [-0.1, -0.05) is 97.0 Å². The van der Waals surface area contributed by atoms with Gasteiger partial charge in [0.05, 0.1) is 0 Å². The highest BCUT2D eigenvalue weighted by molar-refractivity contribution is 4.65. The summed E-state index contributed by atoms with van der Waals surface area (Å²) in [5, 5.41) is 3.41. The van der Waals surface area contributed by atoms with Crippen molar-refractivity contribution in [3.63, 3.8) is 0 Å². The van der Waals surface area contributed by atoms with E-state index in [0.717, 1.165) is 12.5 Å². The number of hydrogen-bond donors (Lipinski definition) is 1. The molecule has 0 heterocycles. The molecule has 0 saturated heterocycles. The number of rotatable bonds is 19. The summed E-state index contributed by atoms with van der Waals surface area (Å²) in [6.07, 6.45) is 23.2. The molecular weight excluding hydrogens is 278 g/mol. The van der Waals surface area contributed by atoms with Crippen molar-refractivity contribution in [2.24, 2.45) is 5.92 Å². The van der Waals surface area contributed by atoms with Crippen LogP contribution in [0.3, 0.4) is 0 Å². The highest BCUT2D eigenvalue weighted by Crippen LogP contribution is 2.21. The van der Waals surface area contributed by atoms with Gasteiger partial charge in [-0.25, -0.2) is 0 Å². The molecule has 1 heteroatoms. The predicted octanol–water partition coefficient (Wildman–Crippen LogP) is 7.27. The van der Waals surface area contributed by atoms with Crippen LogP contribution in [0.15, 0.2) is 12.7 Å². The zero-order valence-electron chi connectivity index (χ0n) is 16.4. The van der Waals surface area contributed by atoms with E-state index in [1.807, 2.05) is 6.08 Å².